The van der Waals surface area contributed by atoms with Crippen molar-refractivity contribution in [1.29, 1.82) is 0 Å². The van der Waals surface area contributed by atoms with Gasteiger partial charge >= 0.3 is 0 Å². The molecule has 0 heterocycles. The van der Waals surface area contributed by atoms with E-state index in [-0.39, 0.29) is 16.4 Å². The molecule has 0 bridgehead atoms. The van der Waals surface area contributed by atoms with E-state index in [4.69, 9.17) is 0 Å². The predicted molar refractivity (Wildman–Crippen MR) is 101 cm³/mol. The van der Waals surface area contributed by atoms with Crippen LogP contribution in [-0.4, -0.2) is 38.6 Å². The van der Waals surface area contributed by atoms with Crippen molar-refractivity contribution in [3.63, 3.8) is 0 Å². The molecule has 2 aromatic carbocycles. The summed E-state index contributed by atoms with van der Waals surface area (Å²) in [5.74, 6) is -0.649. The Kier molecular flexibility index (Phi) is 5.79. The molecule has 0 atom stereocenters. The van der Waals surface area contributed by atoms with Crippen LogP contribution in [0.25, 0.3) is 0 Å². The second-order valence-corrected chi connectivity index (χ2v) is 8.13. The molecule has 0 fully saturated rings. The first-order valence-electron chi connectivity index (χ1n) is 7.83. The fourth-order valence-electron chi connectivity index (χ4n) is 2.29. The molecule has 8 heteroatoms. The lowest BCUT2D eigenvalue weighted by atomic mass is 10.1. The van der Waals surface area contributed by atoms with Crippen molar-refractivity contribution in [2.75, 3.05) is 24.7 Å². The van der Waals surface area contributed by atoms with E-state index in [2.05, 4.69) is 10.6 Å². The van der Waals surface area contributed by atoms with Crippen LogP contribution in [0.15, 0.2) is 47.4 Å². The summed E-state index contributed by atoms with van der Waals surface area (Å²) in [6, 6.07) is 11.1. The van der Waals surface area contributed by atoms with Crippen molar-refractivity contribution in [3.05, 3.63) is 53.6 Å². The van der Waals surface area contributed by atoms with Crippen LogP contribution in [0, 0.1) is 6.92 Å². The van der Waals surface area contributed by atoms with Gasteiger partial charge in [0.25, 0.3) is 5.91 Å². The molecule has 138 valence electrons. The Hall–Kier alpha value is -2.71. The smallest absolute Gasteiger partial charge is 0.255 e. The average Bonchev–Trinajstić information content (AvgIpc) is 2.54. The number of amides is 2. The van der Waals surface area contributed by atoms with Gasteiger partial charge in [0.15, 0.2) is 0 Å². The molecular weight excluding hydrogens is 354 g/mol. The summed E-state index contributed by atoms with van der Waals surface area (Å²) in [6.07, 6.45) is 0. The van der Waals surface area contributed by atoms with Crippen molar-refractivity contribution in [1.82, 2.24) is 4.31 Å². The molecule has 0 spiro atoms. The first kappa shape index (κ1) is 19.6. The largest absolute Gasteiger partial charge is 0.326 e. The minimum Gasteiger partial charge on any atom is -0.326 e. The van der Waals surface area contributed by atoms with Gasteiger partial charge in [-0.05, 0) is 42.8 Å². The fourth-order valence-corrected chi connectivity index (χ4v) is 3.22. The highest BCUT2D eigenvalue weighted by Crippen LogP contribution is 2.21. The van der Waals surface area contributed by atoms with E-state index in [0.29, 0.717) is 16.9 Å². The zero-order valence-corrected chi connectivity index (χ0v) is 15.8. The standard InChI is InChI=1S/C18H21N3O4S/c1-12-8-9-16(26(24,25)21(3)4)11-17(12)18(23)20-15-7-5-6-14(10-15)19-13(2)22/h5-11H,1-4H3,(H,19,22)(H,20,23). The van der Waals surface area contributed by atoms with Crippen LogP contribution in [-0.2, 0) is 14.8 Å². The Balaban J connectivity index is 2.32. The van der Waals surface area contributed by atoms with Crippen molar-refractivity contribution >= 4 is 33.2 Å². The molecule has 2 aromatic rings. The number of carbonyl (C=O) groups excluding carboxylic acids is 2. The van der Waals surface area contributed by atoms with Crippen molar-refractivity contribution in [2.24, 2.45) is 0 Å². The number of rotatable bonds is 5. The maximum atomic E-state index is 12.6. The number of anilines is 2. The molecule has 0 unspecified atom stereocenters. The number of nitrogens with one attached hydrogen (secondary N) is 2. The number of carbonyl (C=O) groups is 2. The number of hydrogen-bond acceptors (Lipinski definition) is 4. The number of benzene rings is 2. The molecule has 2 N–H and O–H groups in total. The molecule has 0 aliphatic carbocycles. The maximum Gasteiger partial charge on any atom is 0.255 e. The molecule has 0 aliphatic rings. The Morgan fingerprint density at radius 1 is 0.962 bits per heavy atom. The highest BCUT2D eigenvalue weighted by molar-refractivity contribution is 7.89. The normalized spacial score (nSPS) is 11.3. The predicted octanol–water partition coefficient (Wildman–Crippen LogP) is 2.46. The number of hydrogen-bond donors (Lipinski definition) is 2. The summed E-state index contributed by atoms with van der Waals surface area (Å²) in [4.78, 5) is 23.8. The van der Waals surface area contributed by atoms with E-state index >= 15 is 0 Å². The molecule has 0 saturated heterocycles. The van der Waals surface area contributed by atoms with E-state index in [9.17, 15) is 18.0 Å². The van der Waals surface area contributed by atoms with E-state index in [1.165, 1.54) is 33.2 Å². The van der Waals surface area contributed by atoms with E-state index in [1.807, 2.05) is 0 Å². The summed E-state index contributed by atoms with van der Waals surface area (Å²) in [6.45, 7) is 3.12. The summed E-state index contributed by atoms with van der Waals surface area (Å²) < 4.78 is 25.6. The van der Waals surface area contributed by atoms with Gasteiger partial charge in [0.1, 0.15) is 0 Å². The third-order valence-corrected chi connectivity index (χ3v) is 5.48. The van der Waals surface area contributed by atoms with Gasteiger partial charge in [-0.25, -0.2) is 12.7 Å². The third kappa shape index (κ3) is 4.47. The molecule has 0 saturated carbocycles. The zero-order valence-electron chi connectivity index (χ0n) is 15.0. The maximum absolute atomic E-state index is 12.6. The first-order chi connectivity index (χ1) is 12.1. The van der Waals surface area contributed by atoms with Crippen LogP contribution >= 0.6 is 0 Å². The molecule has 26 heavy (non-hydrogen) atoms. The monoisotopic (exact) mass is 375 g/mol. The molecular formula is C18H21N3O4S. The highest BCUT2D eigenvalue weighted by Gasteiger charge is 2.20. The van der Waals surface area contributed by atoms with Gasteiger partial charge in [-0.2, -0.15) is 0 Å². The Bertz CT molecular complexity index is 953. The Labute approximate surface area is 153 Å². The van der Waals surface area contributed by atoms with Gasteiger partial charge < -0.3 is 10.6 Å². The first-order valence-corrected chi connectivity index (χ1v) is 9.27. The van der Waals surface area contributed by atoms with E-state index in [1.54, 1.807) is 37.3 Å². The van der Waals surface area contributed by atoms with Crippen molar-refractivity contribution in [3.8, 4) is 0 Å². The molecule has 0 aliphatic heterocycles. The Morgan fingerprint density at radius 2 is 1.58 bits per heavy atom. The summed E-state index contributed by atoms with van der Waals surface area (Å²) in [5, 5.41) is 5.36. The Morgan fingerprint density at radius 3 is 2.15 bits per heavy atom. The second kappa shape index (κ2) is 7.67. The lowest BCUT2D eigenvalue weighted by Gasteiger charge is -2.14. The quantitative estimate of drug-likeness (QED) is 0.839. The molecule has 0 aromatic heterocycles. The molecule has 7 nitrogen and oxygen atoms in total. The van der Waals surface area contributed by atoms with Crippen LogP contribution in [0.2, 0.25) is 0 Å². The number of sulfonamides is 1. The van der Waals surface area contributed by atoms with Gasteiger partial charge in [-0.15, -0.1) is 0 Å². The zero-order chi connectivity index (χ0) is 19.5. The third-order valence-electron chi connectivity index (χ3n) is 3.67. The molecule has 2 amide bonds. The van der Waals surface area contributed by atoms with Gasteiger partial charge in [-0.3, -0.25) is 9.59 Å². The van der Waals surface area contributed by atoms with Gasteiger partial charge in [0.05, 0.1) is 4.90 Å². The average molecular weight is 375 g/mol. The van der Waals surface area contributed by atoms with E-state index < -0.39 is 15.9 Å². The summed E-state index contributed by atoms with van der Waals surface area (Å²) in [5.41, 5.74) is 1.95. The minimum absolute atomic E-state index is 0.0465. The summed E-state index contributed by atoms with van der Waals surface area (Å²) >= 11 is 0. The van der Waals surface area contributed by atoms with Crippen molar-refractivity contribution in [2.45, 2.75) is 18.7 Å². The lowest BCUT2D eigenvalue weighted by Crippen LogP contribution is -2.23. The van der Waals surface area contributed by atoms with Crippen molar-refractivity contribution < 1.29 is 18.0 Å². The second-order valence-electron chi connectivity index (χ2n) is 5.98. The highest BCUT2D eigenvalue weighted by atomic mass is 32.2. The van der Waals surface area contributed by atoms with Crippen LogP contribution < -0.4 is 10.6 Å². The van der Waals surface area contributed by atoms with Crippen LogP contribution in [0.5, 0.6) is 0 Å². The van der Waals surface area contributed by atoms with Crippen LogP contribution in [0.1, 0.15) is 22.8 Å². The van der Waals surface area contributed by atoms with Gasteiger partial charge in [-0.1, -0.05) is 12.1 Å². The fraction of sp³-hybridized carbons (Fsp3) is 0.222. The molecule has 0 radical (unpaired) electrons. The van der Waals surface area contributed by atoms with Crippen LogP contribution in [0.3, 0.4) is 0 Å². The number of nitrogens with zero attached hydrogens (tertiary/aromatic N) is 1. The van der Waals surface area contributed by atoms with Gasteiger partial charge in [0.2, 0.25) is 15.9 Å². The van der Waals surface area contributed by atoms with Gasteiger partial charge in [0, 0.05) is 38.0 Å². The van der Waals surface area contributed by atoms with Crippen LogP contribution in [0.4, 0.5) is 11.4 Å². The minimum atomic E-state index is -3.64. The topological polar surface area (TPSA) is 95.6 Å². The number of aryl methyl sites for hydroxylation is 1. The summed E-state index contributed by atoms with van der Waals surface area (Å²) in [7, 11) is -0.771. The van der Waals surface area contributed by atoms with E-state index in [0.717, 1.165) is 4.31 Å². The SMILES string of the molecule is CC(=O)Nc1cccc(NC(=O)c2cc(S(=O)(=O)N(C)C)ccc2C)c1. The lowest BCUT2D eigenvalue weighted by molar-refractivity contribution is -0.114. The molecule has 2 rings (SSSR count).